The van der Waals surface area contributed by atoms with Crippen LogP contribution in [0.15, 0.2) is 30.3 Å². The summed E-state index contributed by atoms with van der Waals surface area (Å²) in [5.41, 5.74) is 2.21. The van der Waals surface area contributed by atoms with Gasteiger partial charge in [0.2, 0.25) is 5.91 Å². The van der Waals surface area contributed by atoms with E-state index < -0.39 is 0 Å². The highest BCUT2D eigenvalue weighted by Crippen LogP contribution is 2.16. The average molecular weight is 301 g/mol. The molecule has 1 fully saturated rings. The number of anilines is 1. The van der Waals surface area contributed by atoms with Gasteiger partial charge in [0.05, 0.1) is 0 Å². The second kappa shape index (κ2) is 7.45. The zero-order chi connectivity index (χ0) is 16.1. The first-order valence-electron chi connectivity index (χ1n) is 7.88. The first kappa shape index (κ1) is 16.6. The molecule has 0 N–H and O–H groups in total. The standard InChI is InChI=1S/C18H27N3O/c1-19(2)16-8-5-15(6-9-16)7-10-18(22)21(4)17-11-13-20(3)14-12-17/h5-10,17H,11-14H2,1-4H3/b10-7+. The number of carbonyl (C=O) groups is 1. The molecule has 1 saturated heterocycles. The lowest BCUT2D eigenvalue weighted by molar-refractivity contribution is -0.127. The lowest BCUT2D eigenvalue weighted by atomic mass is 10.0. The molecule has 0 bridgehead atoms. The van der Waals surface area contributed by atoms with Crippen LogP contribution in [0, 0.1) is 0 Å². The van der Waals surface area contributed by atoms with Crippen LogP contribution in [-0.4, -0.2) is 63.0 Å². The lowest BCUT2D eigenvalue weighted by Crippen LogP contribution is -2.43. The fourth-order valence-electron chi connectivity index (χ4n) is 2.73. The Hall–Kier alpha value is -1.81. The van der Waals surface area contributed by atoms with Crippen molar-refractivity contribution in [3.8, 4) is 0 Å². The Bertz CT molecular complexity index is 514. The monoisotopic (exact) mass is 301 g/mol. The number of hydrogen-bond donors (Lipinski definition) is 0. The van der Waals surface area contributed by atoms with E-state index in [4.69, 9.17) is 0 Å². The van der Waals surface area contributed by atoms with Crippen molar-refractivity contribution in [1.82, 2.24) is 9.80 Å². The molecular formula is C18H27N3O. The van der Waals surface area contributed by atoms with Crippen LogP contribution in [0.1, 0.15) is 18.4 Å². The summed E-state index contributed by atoms with van der Waals surface area (Å²) in [4.78, 5) is 18.6. The van der Waals surface area contributed by atoms with Crippen molar-refractivity contribution in [3.05, 3.63) is 35.9 Å². The van der Waals surface area contributed by atoms with Gasteiger partial charge in [-0.05, 0) is 56.8 Å². The molecule has 0 aromatic heterocycles. The number of carbonyl (C=O) groups excluding carboxylic acids is 1. The predicted molar refractivity (Wildman–Crippen MR) is 93.1 cm³/mol. The molecule has 1 aromatic rings. The third-order valence-electron chi connectivity index (χ3n) is 4.41. The van der Waals surface area contributed by atoms with E-state index in [1.165, 1.54) is 0 Å². The summed E-state index contributed by atoms with van der Waals surface area (Å²) in [5.74, 6) is 0.0891. The van der Waals surface area contributed by atoms with E-state index >= 15 is 0 Å². The number of amides is 1. The van der Waals surface area contributed by atoms with Gasteiger partial charge in [0.25, 0.3) is 0 Å². The van der Waals surface area contributed by atoms with Crippen molar-refractivity contribution in [1.29, 1.82) is 0 Å². The van der Waals surface area contributed by atoms with Gasteiger partial charge in [-0.1, -0.05) is 12.1 Å². The molecule has 2 rings (SSSR count). The zero-order valence-corrected chi connectivity index (χ0v) is 14.1. The van der Waals surface area contributed by atoms with Gasteiger partial charge in [0, 0.05) is 38.9 Å². The summed E-state index contributed by atoms with van der Waals surface area (Å²) in [6, 6.07) is 8.56. The maximum Gasteiger partial charge on any atom is 0.246 e. The number of likely N-dealkylation sites (tertiary alicyclic amines) is 1. The minimum atomic E-state index is 0.0891. The summed E-state index contributed by atoms with van der Waals surface area (Å²) < 4.78 is 0. The lowest BCUT2D eigenvalue weighted by Gasteiger charge is -2.34. The maximum atomic E-state index is 12.3. The fourth-order valence-corrected chi connectivity index (χ4v) is 2.73. The number of rotatable bonds is 4. The third-order valence-corrected chi connectivity index (χ3v) is 4.41. The minimum absolute atomic E-state index is 0.0891. The van der Waals surface area contributed by atoms with Crippen LogP contribution < -0.4 is 4.90 Å². The molecule has 0 radical (unpaired) electrons. The maximum absolute atomic E-state index is 12.3. The van der Waals surface area contributed by atoms with Crippen LogP contribution in [0.2, 0.25) is 0 Å². The highest BCUT2D eigenvalue weighted by Gasteiger charge is 2.22. The summed E-state index contributed by atoms with van der Waals surface area (Å²) in [7, 11) is 8.09. The fraction of sp³-hybridized carbons (Fsp3) is 0.500. The third kappa shape index (κ3) is 4.34. The van der Waals surface area contributed by atoms with Gasteiger partial charge < -0.3 is 14.7 Å². The Morgan fingerprint density at radius 3 is 2.27 bits per heavy atom. The Morgan fingerprint density at radius 1 is 1.14 bits per heavy atom. The van der Waals surface area contributed by atoms with Crippen molar-refractivity contribution in [3.63, 3.8) is 0 Å². The molecular weight excluding hydrogens is 274 g/mol. The summed E-state index contributed by atoms with van der Waals surface area (Å²) in [6.07, 6.45) is 5.70. The van der Waals surface area contributed by atoms with Crippen LogP contribution in [0.4, 0.5) is 5.69 Å². The quantitative estimate of drug-likeness (QED) is 0.799. The van der Waals surface area contributed by atoms with Crippen LogP contribution in [-0.2, 0) is 4.79 Å². The molecule has 0 atom stereocenters. The van der Waals surface area contributed by atoms with Crippen LogP contribution in [0.3, 0.4) is 0 Å². The normalized spacial score (nSPS) is 16.9. The van der Waals surface area contributed by atoms with E-state index in [0.29, 0.717) is 6.04 Å². The molecule has 4 heteroatoms. The Balaban J connectivity index is 1.92. The molecule has 0 spiro atoms. The van der Waals surface area contributed by atoms with Crippen LogP contribution >= 0.6 is 0 Å². The SMILES string of the molecule is CN1CCC(N(C)C(=O)/C=C/c2ccc(N(C)C)cc2)CC1. The largest absolute Gasteiger partial charge is 0.378 e. The van der Waals surface area contributed by atoms with Crippen molar-refractivity contribution in [2.75, 3.05) is 46.2 Å². The number of benzene rings is 1. The predicted octanol–water partition coefficient (Wildman–Crippen LogP) is 2.32. The topological polar surface area (TPSA) is 26.8 Å². The molecule has 120 valence electrons. The number of piperidine rings is 1. The Kier molecular flexibility index (Phi) is 5.61. The number of nitrogens with zero attached hydrogens (tertiary/aromatic N) is 3. The van der Waals surface area contributed by atoms with Crippen molar-refractivity contribution in [2.24, 2.45) is 0 Å². The van der Waals surface area contributed by atoms with E-state index in [-0.39, 0.29) is 5.91 Å². The van der Waals surface area contributed by atoms with Crippen molar-refractivity contribution >= 4 is 17.7 Å². The van der Waals surface area contributed by atoms with Gasteiger partial charge in [-0.2, -0.15) is 0 Å². The van der Waals surface area contributed by atoms with Crippen LogP contribution in [0.5, 0.6) is 0 Å². The molecule has 1 aliphatic rings. The average Bonchev–Trinajstić information content (AvgIpc) is 2.53. The van der Waals surface area contributed by atoms with E-state index in [2.05, 4.69) is 29.0 Å². The van der Waals surface area contributed by atoms with E-state index in [1.807, 2.05) is 44.3 Å². The molecule has 1 aliphatic heterocycles. The highest BCUT2D eigenvalue weighted by atomic mass is 16.2. The first-order valence-corrected chi connectivity index (χ1v) is 7.88. The van der Waals surface area contributed by atoms with E-state index in [0.717, 1.165) is 37.2 Å². The van der Waals surface area contributed by atoms with Gasteiger partial charge >= 0.3 is 0 Å². The second-order valence-electron chi connectivity index (χ2n) is 6.30. The molecule has 0 saturated carbocycles. The molecule has 0 aliphatic carbocycles. The molecule has 0 unspecified atom stereocenters. The summed E-state index contributed by atoms with van der Waals surface area (Å²) >= 11 is 0. The van der Waals surface area contributed by atoms with Gasteiger partial charge in [-0.3, -0.25) is 4.79 Å². The Labute approximate surface area is 134 Å². The molecule has 4 nitrogen and oxygen atoms in total. The van der Waals surface area contributed by atoms with Gasteiger partial charge in [0.15, 0.2) is 0 Å². The molecule has 1 amide bonds. The molecule has 1 heterocycles. The highest BCUT2D eigenvalue weighted by molar-refractivity contribution is 5.91. The van der Waals surface area contributed by atoms with Crippen LogP contribution in [0.25, 0.3) is 6.08 Å². The Morgan fingerprint density at radius 2 is 1.73 bits per heavy atom. The van der Waals surface area contributed by atoms with Crippen molar-refractivity contribution < 1.29 is 4.79 Å². The summed E-state index contributed by atoms with van der Waals surface area (Å²) in [6.45, 7) is 2.13. The number of likely N-dealkylation sites (N-methyl/N-ethyl adjacent to an activating group) is 1. The number of hydrogen-bond acceptors (Lipinski definition) is 3. The molecule has 1 aromatic carbocycles. The minimum Gasteiger partial charge on any atom is -0.378 e. The molecule has 22 heavy (non-hydrogen) atoms. The summed E-state index contributed by atoms with van der Waals surface area (Å²) in [5, 5.41) is 0. The smallest absolute Gasteiger partial charge is 0.246 e. The zero-order valence-electron chi connectivity index (χ0n) is 14.1. The van der Waals surface area contributed by atoms with Crippen molar-refractivity contribution in [2.45, 2.75) is 18.9 Å². The van der Waals surface area contributed by atoms with Gasteiger partial charge in [-0.15, -0.1) is 0 Å². The van der Waals surface area contributed by atoms with Gasteiger partial charge in [-0.25, -0.2) is 0 Å². The first-order chi connectivity index (χ1) is 10.5. The second-order valence-corrected chi connectivity index (χ2v) is 6.30. The van der Waals surface area contributed by atoms with E-state index in [1.54, 1.807) is 6.08 Å². The van der Waals surface area contributed by atoms with Gasteiger partial charge in [0.1, 0.15) is 0 Å². The van der Waals surface area contributed by atoms with E-state index in [9.17, 15) is 4.79 Å².